The first-order valence-electron chi connectivity index (χ1n) is 7.58. The topological polar surface area (TPSA) is 49.6 Å². The number of amides is 1. The summed E-state index contributed by atoms with van der Waals surface area (Å²) >= 11 is 1.65. The molecule has 3 heterocycles. The summed E-state index contributed by atoms with van der Waals surface area (Å²) < 4.78 is 5.21. The summed E-state index contributed by atoms with van der Waals surface area (Å²) in [6.07, 6.45) is 0.529. The molecule has 0 aliphatic carbocycles. The molecular weight excluding hydrogens is 334 g/mol. The number of hydrogen-bond acceptors (Lipinski definition) is 5. The Morgan fingerprint density at radius 2 is 2.04 bits per heavy atom. The van der Waals surface area contributed by atoms with E-state index in [2.05, 4.69) is 10.1 Å². The second kappa shape index (κ2) is 7.95. The lowest BCUT2D eigenvalue weighted by Crippen LogP contribution is -2.48. The van der Waals surface area contributed by atoms with Gasteiger partial charge < -0.3 is 9.42 Å². The maximum absolute atomic E-state index is 12.3. The van der Waals surface area contributed by atoms with Crippen molar-refractivity contribution in [3.8, 4) is 0 Å². The average Bonchev–Trinajstić information content (AvgIpc) is 3.13. The van der Waals surface area contributed by atoms with E-state index < -0.39 is 0 Å². The zero-order valence-electron chi connectivity index (χ0n) is 13.4. The summed E-state index contributed by atoms with van der Waals surface area (Å²) in [5.74, 6) is 1.13. The third-order valence-corrected chi connectivity index (χ3v) is 5.07. The number of thiophene rings is 1. The van der Waals surface area contributed by atoms with Gasteiger partial charge in [0.15, 0.2) is 0 Å². The van der Waals surface area contributed by atoms with Crippen LogP contribution in [0.25, 0.3) is 0 Å². The molecule has 126 valence electrons. The number of piperazine rings is 1. The van der Waals surface area contributed by atoms with E-state index in [1.807, 2.05) is 36.3 Å². The van der Waals surface area contributed by atoms with Crippen molar-refractivity contribution < 1.29 is 9.32 Å². The van der Waals surface area contributed by atoms with Crippen molar-refractivity contribution in [2.75, 3.05) is 26.2 Å². The molecule has 0 aromatic carbocycles. The Bertz CT molecular complexity index is 614. The van der Waals surface area contributed by atoms with Crippen LogP contribution in [0.1, 0.15) is 21.9 Å². The Kier molecular flexibility index (Phi) is 6.21. The number of halogens is 1. The largest absolute Gasteiger partial charge is 0.361 e. The van der Waals surface area contributed by atoms with Gasteiger partial charge in [-0.1, -0.05) is 11.2 Å². The third-order valence-electron chi connectivity index (χ3n) is 4.19. The van der Waals surface area contributed by atoms with Crippen LogP contribution in [0.4, 0.5) is 0 Å². The Morgan fingerprint density at radius 1 is 1.30 bits per heavy atom. The second-order valence-corrected chi connectivity index (χ2v) is 6.75. The number of carbonyl (C=O) groups is 1. The molecule has 2 aromatic rings. The van der Waals surface area contributed by atoms with Crippen molar-refractivity contribution in [3.63, 3.8) is 0 Å². The SMILES string of the molecule is Cc1noc(C)c1CN1CCN(C(=O)Cc2cccs2)CC1.Cl. The fourth-order valence-corrected chi connectivity index (χ4v) is 3.48. The smallest absolute Gasteiger partial charge is 0.227 e. The predicted molar refractivity (Wildman–Crippen MR) is 93.1 cm³/mol. The van der Waals surface area contributed by atoms with Gasteiger partial charge in [0.05, 0.1) is 12.1 Å². The van der Waals surface area contributed by atoms with Crippen LogP contribution in [-0.2, 0) is 17.8 Å². The van der Waals surface area contributed by atoms with E-state index in [1.54, 1.807) is 11.3 Å². The van der Waals surface area contributed by atoms with Crippen LogP contribution >= 0.6 is 23.7 Å². The Labute approximate surface area is 146 Å². The highest BCUT2D eigenvalue weighted by Crippen LogP contribution is 2.17. The fourth-order valence-electron chi connectivity index (χ4n) is 2.78. The molecule has 0 bridgehead atoms. The van der Waals surface area contributed by atoms with E-state index in [4.69, 9.17) is 4.52 Å². The standard InChI is InChI=1S/C16H21N3O2S.ClH/c1-12-15(13(2)21-17-12)11-18-5-7-19(8-6-18)16(20)10-14-4-3-9-22-14;/h3-4,9H,5-8,10-11H2,1-2H3;1H. The molecule has 3 rings (SSSR count). The Hall–Kier alpha value is -1.37. The molecule has 0 atom stereocenters. The van der Waals surface area contributed by atoms with E-state index in [-0.39, 0.29) is 18.3 Å². The van der Waals surface area contributed by atoms with Crippen LogP contribution in [0.2, 0.25) is 0 Å². The van der Waals surface area contributed by atoms with Crippen molar-refractivity contribution in [2.45, 2.75) is 26.8 Å². The van der Waals surface area contributed by atoms with Gasteiger partial charge in [0.2, 0.25) is 5.91 Å². The van der Waals surface area contributed by atoms with Crippen molar-refractivity contribution in [1.29, 1.82) is 0 Å². The first-order valence-corrected chi connectivity index (χ1v) is 8.45. The summed E-state index contributed by atoms with van der Waals surface area (Å²) in [4.78, 5) is 17.8. The van der Waals surface area contributed by atoms with Crippen LogP contribution in [0.5, 0.6) is 0 Å². The highest BCUT2D eigenvalue weighted by atomic mass is 35.5. The molecule has 1 aliphatic heterocycles. The molecule has 1 fully saturated rings. The molecule has 7 heteroatoms. The van der Waals surface area contributed by atoms with Gasteiger partial charge in [-0.2, -0.15) is 0 Å². The molecule has 0 N–H and O–H groups in total. The van der Waals surface area contributed by atoms with E-state index in [0.29, 0.717) is 6.42 Å². The highest BCUT2D eigenvalue weighted by Gasteiger charge is 2.23. The van der Waals surface area contributed by atoms with Crippen LogP contribution in [0.15, 0.2) is 22.0 Å². The normalized spacial score (nSPS) is 15.5. The predicted octanol–water partition coefficient (Wildman–Crippen LogP) is 2.66. The number of nitrogens with zero attached hydrogens (tertiary/aromatic N) is 3. The molecule has 0 spiro atoms. The lowest BCUT2D eigenvalue weighted by atomic mass is 10.1. The summed E-state index contributed by atoms with van der Waals surface area (Å²) in [5.41, 5.74) is 2.15. The fraction of sp³-hybridized carbons (Fsp3) is 0.500. The van der Waals surface area contributed by atoms with Gasteiger partial charge in [0.1, 0.15) is 5.76 Å². The first-order chi connectivity index (χ1) is 10.6. The second-order valence-electron chi connectivity index (χ2n) is 5.72. The summed E-state index contributed by atoms with van der Waals surface area (Å²) in [5, 5.41) is 6.02. The number of carbonyl (C=O) groups excluding carboxylic acids is 1. The molecule has 23 heavy (non-hydrogen) atoms. The molecule has 1 saturated heterocycles. The van der Waals surface area contributed by atoms with E-state index >= 15 is 0 Å². The van der Waals surface area contributed by atoms with Gasteiger partial charge >= 0.3 is 0 Å². The third kappa shape index (κ3) is 4.34. The van der Waals surface area contributed by atoms with Crippen molar-refractivity contribution in [1.82, 2.24) is 15.0 Å². The Morgan fingerprint density at radius 3 is 2.61 bits per heavy atom. The first kappa shape index (κ1) is 18.0. The molecule has 1 aliphatic rings. The van der Waals surface area contributed by atoms with Crippen LogP contribution < -0.4 is 0 Å². The quantitative estimate of drug-likeness (QED) is 0.846. The molecular formula is C16H22ClN3O2S. The minimum Gasteiger partial charge on any atom is -0.361 e. The van der Waals surface area contributed by atoms with E-state index in [9.17, 15) is 4.79 Å². The summed E-state index contributed by atoms with van der Waals surface area (Å²) in [6, 6.07) is 4.02. The molecule has 1 amide bonds. The number of rotatable bonds is 4. The maximum Gasteiger partial charge on any atom is 0.227 e. The highest BCUT2D eigenvalue weighted by molar-refractivity contribution is 7.10. The molecule has 0 unspecified atom stereocenters. The van der Waals surface area contributed by atoms with Gasteiger partial charge in [-0.3, -0.25) is 9.69 Å². The van der Waals surface area contributed by atoms with Gasteiger partial charge in [-0.05, 0) is 25.3 Å². The minimum absolute atomic E-state index is 0. The molecule has 5 nitrogen and oxygen atoms in total. The molecule has 0 radical (unpaired) electrons. The zero-order chi connectivity index (χ0) is 15.5. The summed E-state index contributed by atoms with van der Waals surface area (Å²) in [6.45, 7) is 8.19. The van der Waals surface area contributed by atoms with Crippen molar-refractivity contribution in [2.24, 2.45) is 0 Å². The van der Waals surface area contributed by atoms with Gasteiger partial charge in [-0.15, -0.1) is 23.7 Å². The average molecular weight is 356 g/mol. The Balaban J connectivity index is 0.00000192. The molecule has 2 aromatic heterocycles. The monoisotopic (exact) mass is 355 g/mol. The van der Waals surface area contributed by atoms with E-state index in [1.165, 1.54) is 5.56 Å². The lowest BCUT2D eigenvalue weighted by Gasteiger charge is -2.34. The lowest BCUT2D eigenvalue weighted by molar-refractivity contribution is -0.132. The van der Waals surface area contributed by atoms with Crippen LogP contribution in [0, 0.1) is 13.8 Å². The number of hydrogen-bond donors (Lipinski definition) is 0. The number of aromatic nitrogens is 1. The molecule has 0 saturated carbocycles. The maximum atomic E-state index is 12.3. The zero-order valence-corrected chi connectivity index (χ0v) is 15.1. The van der Waals surface area contributed by atoms with Gasteiger partial charge in [-0.25, -0.2) is 0 Å². The summed E-state index contributed by atoms with van der Waals surface area (Å²) in [7, 11) is 0. The van der Waals surface area contributed by atoms with Crippen LogP contribution in [-0.4, -0.2) is 47.0 Å². The van der Waals surface area contributed by atoms with Gasteiger partial charge in [0, 0.05) is 43.2 Å². The minimum atomic E-state index is 0. The van der Waals surface area contributed by atoms with E-state index in [0.717, 1.165) is 49.1 Å². The van der Waals surface area contributed by atoms with Crippen molar-refractivity contribution >= 4 is 29.7 Å². The number of aryl methyl sites for hydroxylation is 2. The van der Waals surface area contributed by atoms with Crippen LogP contribution in [0.3, 0.4) is 0 Å². The van der Waals surface area contributed by atoms with Gasteiger partial charge in [0.25, 0.3) is 0 Å². The van der Waals surface area contributed by atoms with Crippen molar-refractivity contribution in [3.05, 3.63) is 39.4 Å².